The molecule has 0 amide bonds. The van der Waals surface area contributed by atoms with Gasteiger partial charge < -0.3 is 14.2 Å². The van der Waals surface area contributed by atoms with Crippen LogP contribution in [-0.2, 0) is 14.3 Å². The van der Waals surface area contributed by atoms with Gasteiger partial charge in [-0.25, -0.2) is 9.59 Å². The molecule has 0 saturated heterocycles. The van der Waals surface area contributed by atoms with E-state index < -0.39 is 6.16 Å². The number of hydrogen-bond donors (Lipinski definition) is 0. The van der Waals surface area contributed by atoms with E-state index in [1.54, 1.807) is 37.3 Å². The van der Waals surface area contributed by atoms with Crippen molar-refractivity contribution in [1.29, 1.82) is 0 Å². The zero-order chi connectivity index (χ0) is 17.6. The second-order valence-electron chi connectivity index (χ2n) is 4.96. The van der Waals surface area contributed by atoms with Crippen LogP contribution in [0, 0.1) is 0 Å². The van der Waals surface area contributed by atoms with Crippen LogP contribution in [0.4, 0.5) is 4.79 Å². The van der Waals surface area contributed by atoms with Gasteiger partial charge >= 0.3 is 12.1 Å². The smallest absolute Gasteiger partial charge is 0.463 e. The van der Waals surface area contributed by atoms with Gasteiger partial charge in [0.1, 0.15) is 5.75 Å². The predicted molar refractivity (Wildman–Crippen MR) is 93.3 cm³/mol. The first-order chi connectivity index (χ1) is 11.7. The van der Waals surface area contributed by atoms with E-state index in [1.165, 1.54) is 6.08 Å². The number of benzene rings is 1. The van der Waals surface area contributed by atoms with Gasteiger partial charge in [0.25, 0.3) is 0 Å². The number of carbonyl (C=O) groups is 2. The van der Waals surface area contributed by atoms with Gasteiger partial charge in [0.2, 0.25) is 0 Å². The standard InChI is InChI=1S/C18H23ClO5/c1-2-22-18(21)24-16-10-7-15(8-11-16)9-12-17(20)23-14-6-4-3-5-13-19/h7-12H,2-6,13-14H2,1H3/b12-9+. The number of hydrogen-bond acceptors (Lipinski definition) is 5. The van der Waals surface area contributed by atoms with Crippen LogP contribution in [-0.4, -0.2) is 31.2 Å². The van der Waals surface area contributed by atoms with Crippen molar-refractivity contribution >= 4 is 29.8 Å². The summed E-state index contributed by atoms with van der Waals surface area (Å²) in [6.45, 7) is 2.38. The van der Waals surface area contributed by atoms with Gasteiger partial charge in [0.05, 0.1) is 13.2 Å². The average molecular weight is 355 g/mol. The van der Waals surface area contributed by atoms with Gasteiger partial charge in [-0.05, 0) is 43.5 Å². The molecule has 0 saturated carbocycles. The summed E-state index contributed by atoms with van der Waals surface area (Å²) < 4.78 is 14.7. The van der Waals surface area contributed by atoms with Crippen LogP contribution in [0.2, 0.25) is 0 Å². The fourth-order valence-corrected chi connectivity index (χ4v) is 2.01. The fourth-order valence-electron chi connectivity index (χ4n) is 1.83. The van der Waals surface area contributed by atoms with Gasteiger partial charge in [-0.1, -0.05) is 25.0 Å². The molecule has 132 valence electrons. The third kappa shape index (κ3) is 9.20. The SMILES string of the molecule is CCOC(=O)Oc1ccc(/C=C/C(=O)OCCCCCCCl)cc1. The average Bonchev–Trinajstić information content (AvgIpc) is 2.57. The van der Waals surface area contributed by atoms with Gasteiger partial charge in [-0.15, -0.1) is 11.6 Å². The van der Waals surface area contributed by atoms with Crippen molar-refractivity contribution in [3.05, 3.63) is 35.9 Å². The number of unbranched alkanes of at least 4 members (excludes halogenated alkanes) is 3. The summed E-state index contributed by atoms with van der Waals surface area (Å²) in [6.07, 6.45) is 6.17. The molecule has 0 spiro atoms. The Morgan fingerprint density at radius 2 is 1.75 bits per heavy atom. The summed E-state index contributed by atoms with van der Waals surface area (Å²) in [5, 5.41) is 0. The highest BCUT2D eigenvalue weighted by Gasteiger charge is 2.04. The third-order valence-electron chi connectivity index (χ3n) is 3.03. The minimum absolute atomic E-state index is 0.258. The van der Waals surface area contributed by atoms with Gasteiger partial charge in [-0.2, -0.15) is 0 Å². The van der Waals surface area contributed by atoms with Gasteiger partial charge in [-0.3, -0.25) is 0 Å². The summed E-state index contributed by atoms with van der Waals surface area (Å²) in [4.78, 5) is 22.7. The maximum atomic E-state index is 11.6. The van der Waals surface area contributed by atoms with Crippen molar-refractivity contribution in [3.63, 3.8) is 0 Å². The molecule has 0 heterocycles. The molecule has 1 rings (SSSR count). The van der Waals surface area contributed by atoms with Crippen LogP contribution >= 0.6 is 11.6 Å². The Balaban J connectivity index is 2.30. The van der Waals surface area contributed by atoms with Crippen LogP contribution in [0.15, 0.2) is 30.3 Å². The van der Waals surface area contributed by atoms with Crippen molar-refractivity contribution in [2.75, 3.05) is 19.1 Å². The Labute approximate surface area is 147 Å². The molecular weight excluding hydrogens is 332 g/mol. The molecule has 0 atom stereocenters. The molecule has 0 radical (unpaired) electrons. The Kier molecular flexibility index (Phi) is 10.4. The van der Waals surface area contributed by atoms with E-state index >= 15 is 0 Å². The molecule has 0 aromatic heterocycles. The molecule has 6 heteroatoms. The van der Waals surface area contributed by atoms with Crippen LogP contribution in [0.25, 0.3) is 6.08 Å². The summed E-state index contributed by atoms with van der Waals surface area (Å²) in [5.74, 6) is 0.677. The highest BCUT2D eigenvalue weighted by molar-refractivity contribution is 6.17. The first kappa shape index (κ1) is 20.0. The second-order valence-corrected chi connectivity index (χ2v) is 5.34. The molecule has 24 heavy (non-hydrogen) atoms. The summed E-state index contributed by atoms with van der Waals surface area (Å²) in [7, 11) is 0. The van der Waals surface area contributed by atoms with Crippen molar-refractivity contribution in [1.82, 2.24) is 0 Å². The lowest BCUT2D eigenvalue weighted by Crippen LogP contribution is -2.09. The number of carbonyl (C=O) groups excluding carboxylic acids is 2. The fraction of sp³-hybridized carbons (Fsp3) is 0.444. The van der Waals surface area contributed by atoms with E-state index in [0.29, 0.717) is 18.2 Å². The molecule has 0 aliphatic carbocycles. The minimum atomic E-state index is -0.740. The second kappa shape index (κ2) is 12.4. The Bertz CT molecular complexity index is 525. The summed E-state index contributed by atoms with van der Waals surface area (Å²) in [6, 6.07) is 6.70. The van der Waals surface area contributed by atoms with Gasteiger partial charge in [0.15, 0.2) is 0 Å². The molecule has 0 aliphatic rings. The number of rotatable bonds is 10. The van der Waals surface area contributed by atoms with Crippen molar-refractivity contribution in [3.8, 4) is 5.75 Å². The molecule has 0 fully saturated rings. The summed E-state index contributed by atoms with van der Waals surface area (Å²) >= 11 is 5.59. The van der Waals surface area contributed by atoms with E-state index in [2.05, 4.69) is 4.74 Å². The Morgan fingerprint density at radius 1 is 1.04 bits per heavy atom. The monoisotopic (exact) mass is 354 g/mol. The van der Waals surface area contributed by atoms with E-state index in [4.69, 9.17) is 21.1 Å². The molecule has 0 bridgehead atoms. The first-order valence-corrected chi connectivity index (χ1v) is 8.54. The lowest BCUT2D eigenvalue weighted by atomic mass is 10.2. The van der Waals surface area contributed by atoms with Crippen LogP contribution in [0.5, 0.6) is 5.75 Å². The predicted octanol–water partition coefficient (Wildman–Crippen LogP) is 4.58. The molecule has 5 nitrogen and oxygen atoms in total. The van der Waals surface area contributed by atoms with Crippen molar-refractivity contribution < 1.29 is 23.8 Å². The zero-order valence-corrected chi connectivity index (χ0v) is 14.6. The van der Waals surface area contributed by atoms with Crippen LogP contribution in [0.1, 0.15) is 38.2 Å². The van der Waals surface area contributed by atoms with Crippen molar-refractivity contribution in [2.24, 2.45) is 0 Å². The third-order valence-corrected chi connectivity index (χ3v) is 3.29. The molecule has 1 aromatic carbocycles. The number of esters is 1. The molecule has 1 aromatic rings. The van der Waals surface area contributed by atoms with Crippen LogP contribution < -0.4 is 4.74 Å². The number of halogens is 1. The van der Waals surface area contributed by atoms with E-state index in [1.807, 2.05) is 0 Å². The topological polar surface area (TPSA) is 61.8 Å². The van der Waals surface area contributed by atoms with Gasteiger partial charge in [0, 0.05) is 12.0 Å². The summed E-state index contributed by atoms with van der Waals surface area (Å²) in [5.41, 5.74) is 0.797. The molecule has 0 aliphatic heterocycles. The number of alkyl halides is 1. The highest BCUT2D eigenvalue weighted by Crippen LogP contribution is 2.14. The minimum Gasteiger partial charge on any atom is -0.463 e. The zero-order valence-electron chi connectivity index (χ0n) is 13.8. The van der Waals surface area contributed by atoms with E-state index in [0.717, 1.165) is 31.2 Å². The molecule has 0 N–H and O–H groups in total. The largest absolute Gasteiger partial charge is 0.513 e. The normalized spacial score (nSPS) is 10.6. The quantitative estimate of drug-likeness (QED) is 0.202. The Morgan fingerprint density at radius 3 is 2.42 bits per heavy atom. The lowest BCUT2D eigenvalue weighted by molar-refractivity contribution is -0.137. The lowest BCUT2D eigenvalue weighted by Gasteiger charge is -2.04. The first-order valence-electron chi connectivity index (χ1n) is 8.01. The molecule has 0 unspecified atom stereocenters. The van der Waals surface area contributed by atoms with E-state index in [-0.39, 0.29) is 12.6 Å². The van der Waals surface area contributed by atoms with Crippen molar-refractivity contribution in [2.45, 2.75) is 32.6 Å². The maximum Gasteiger partial charge on any atom is 0.513 e. The highest BCUT2D eigenvalue weighted by atomic mass is 35.5. The van der Waals surface area contributed by atoms with Crippen LogP contribution in [0.3, 0.4) is 0 Å². The maximum absolute atomic E-state index is 11.6. The molecular formula is C18H23ClO5. The number of ether oxygens (including phenoxy) is 3. The van der Waals surface area contributed by atoms with E-state index in [9.17, 15) is 9.59 Å². The Hall–Kier alpha value is -2.01.